The van der Waals surface area contributed by atoms with E-state index >= 15 is 0 Å². The summed E-state index contributed by atoms with van der Waals surface area (Å²) in [5.74, 6) is 0.535. The Morgan fingerprint density at radius 3 is 2.85 bits per heavy atom. The van der Waals surface area contributed by atoms with Crippen molar-refractivity contribution in [1.82, 2.24) is 9.88 Å². The van der Waals surface area contributed by atoms with Gasteiger partial charge in [0.25, 0.3) is 0 Å². The first-order valence-corrected chi connectivity index (χ1v) is 9.43. The van der Waals surface area contributed by atoms with Crippen LogP contribution in [-0.2, 0) is 11.3 Å². The van der Waals surface area contributed by atoms with Crippen LogP contribution < -0.4 is 4.74 Å². The summed E-state index contributed by atoms with van der Waals surface area (Å²) in [6.45, 7) is 0.291. The molecule has 2 aliphatic rings. The molecule has 6 heteroatoms. The van der Waals surface area contributed by atoms with E-state index < -0.39 is 0 Å². The predicted octanol–water partition coefficient (Wildman–Crippen LogP) is 4.70. The summed E-state index contributed by atoms with van der Waals surface area (Å²) in [4.78, 5) is 18.7. The number of carbonyl (C=O) groups excluding carboxylic acids is 1. The van der Waals surface area contributed by atoms with Crippen molar-refractivity contribution in [3.8, 4) is 5.88 Å². The second kappa shape index (κ2) is 7.61. The molecule has 2 aliphatic heterocycles. The molecule has 1 saturated heterocycles. The van der Waals surface area contributed by atoms with Gasteiger partial charge in [-0.15, -0.1) is 0 Å². The minimum atomic E-state index is -0.250. The van der Waals surface area contributed by atoms with Crippen molar-refractivity contribution in [2.45, 2.75) is 38.0 Å². The number of rotatable bonds is 4. The molecule has 4 rings (SSSR count). The number of aromatic nitrogens is 1. The van der Waals surface area contributed by atoms with Crippen LogP contribution in [0.4, 0.5) is 4.79 Å². The molecule has 0 radical (unpaired) electrons. The highest BCUT2D eigenvalue weighted by Crippen LogP contribution is 2.41. The molecule has 2 bridgehead atoms. The summed E-state index contributed by atoms with van der Waals surface area (Å²) in [7, 11) is 1.59. The Labute approximate surface area is 163 Å². The quantitative estimate of drug-likeness (QED) is 0.766. The van der Waals surface area contributed by atoms with E-state index in [-0.39, 0.29) is 18.2 Å². The van der Waals surface area contributed by atoms with E-state index in [4.69, 9.17) is 21.1 Å². The molecule has 2 aromatic rings. The lowest BCUT2D eigenvalue weighted by atomic mass is 9.95. The second-order valence-corrected chi connectivity index (χ2v) is 7.26. The van der Waals surface area contributed by atoms with Gasteiger partial charge in [0.1, 0.15) is 6.61 Å². The first-order valence-electron chi connectivity index (χ1n) is 9.05. The fourth-order valence-electron chi connectivity index (χ4n) is 3.89. The first-order chi connectivity index (χ1) is 13.2. The third-order valence-corrected chi connectivity index (χ3v) is 5.50. The van der Waals surface area contributed by atoms with Crippen LogP contribution in [0.1, 0.15) is 30.4 Å². The SMILES string of the molecule is COc1cc(C2=CC3CCC(C2)N3C(=O)OCc2ccccc2)c(Cl)cn1. The maximum Gasteiger partial charge on any atom is 0.410 e. The summed E-state index contributed by atoms with van der Waals surface area (Å²) in [5.41, 5.74) is 3.06. The first kappa shape index (κ1) is 17.9. The Hall–Kier alpha value is -2.53. The Balaban J connectivity index is 1.50. The van der Waals surface area contributed by atoms with Crippen LogP contribution in [0.25, 0.3) is 5.57 Å². The second-order valence-electron chi connectivity index (χ2n) is 6.85. The van der Waals surface area contributed by atoms with Crippen molar-refractivity contribution in [2.75, 3.05) is 7.11 Å². The maximum atomic E-state index is 12.7. The van der Waals surface area contributed by atoms with Crippen LogP contribution in [0, 0.1) is 0 Å². The molecule has 2 unspecified atom stereocenters. The van der Waals surface area contributed by atoms with Crippen molar-refractivity contribution in [1.29, 1.82) is 0 Å². The average molecular weight is 385 g/mol. The number of nitrogens with zero attached hydrogens (tertiary/aromatic N) is 2. The molecular formula is C21H21ClN2O3. The molecule has 1 aromatic heterocycles. The molecule has 3 heterocycles. The highest BCUT2D eigenvalue weighted by atomic mass is 35.5. The number of methoxy groups -OCH3 is 1. The summed E-state index contributed by atoms with van der Waals surface area (Å²) >= 11 is 6.35. The van der Waals surface area contributed by atoms with Gasteiger partial charge in [0.2, 0.25) is 5.88 Å². The molecule has 2 atom stereocenters. The molecule has 1 fully saturated rings. The number of amides is 1. The van der Waals surface area contributed by atoms with Crippen LogP contribution in [-0.4, -0.2) is 35.2 Å². The zero-order chi connectivity index (χ0) is 18.8. The van der Waals surface area contributed by atoms with Crippen LogP contribution in [0.15, 0.2) is 48.7 Å². The van der Waals surface area contributed by atoms with Gasteiger partial charge >= 0.3 is 6.09 Å². The summed E-state index contributed by atoms with van der Waals surface area (Å²) in [6.07, 6.45) is 6.15. The van der Waals surface area contributed by atoms with Crippen LogP contribution in [0.3, 0.4) is 0 Å². The van der Waals surface area contributed by atoms with E-state index in [9.17, 15) is 4.79 Å². The van der Waals surface area contributed by atoms with Gasteiger partial charge in [-0.25, -0.2) is 9.78 Å². The minimum Gasteiger partial charge on any atom is -0.481 e. The van der Waals surface area contributed by atoms with Gasteiger partial charge < -0.3 is 9.47 Å². The largest absolute Gasteiger partial charge is 0.481 e. The van der Waals surface area contributed by atoms with E-state index in [1.807, 2.05) is 41.3 Å². The van der Waals surface area contributed by atoms with E-state index in [2.05, 4.69) is 11.1 Å². The van der Waals surface area contributed by atoms with Gasteiger partial charge in [-0.1, -0.05) is 48.0 Å². The number of carbonyl (C=O) groups is 1. The molecule has 0 N–H and O–H groups in total. The topological polar surface area (TPSA) is 51.7 Å². The predicted molar refractivity (Wildman–Crippen MR) is 104 cm³/mol. The zero-order valence-corrected chi connectivity index (χ0v) is 15.9. The Bertz CT molecular complexity index is 869. The van der Waals surface area contributed by atoms with E-state index in [0.717, 1.165) is 36.0 Å². The molecule has 140 valence electrons. The highest BCUT2D eigenvalue weighted by molar-refractivity contribution is 6.32. The average Bonchev–Trinajstić information content (AvgIpc) is 2.97. The molecule has 0 spiro atoms. The van der Waals surface area contributed by atoms with Crippen molar-refractivity contribution in [3.05, 3.63) is 64.8 Å². The third kappa shape index (κ3) is 3.65. The third-order valence-electron chi connectivity index (χ3n) is 5.20. The number of hydrogen-bond acceptors (Lipinski definition) is 4. The fraction of sp³-hybridized carbons (Fsp3) is 0.333. The fourth-order valence-corrected chi connectivity index (χ4v) is 4.11. The monoisotopic (exact) mass is 384 g/mol. The number of hydrogen-bond donors (Lipinski definition) is 0. The smallest absolute Gasteiger partial charge is 0.410 e. The Morgan fingerprint density at radius 2 is 2.11 bits per heavy atom. The summed E-state index contributed by atoms with van der Waals surface area (Å²) in [6, 6.07) is 11.8. The molecule has 27 heavy (non-hydrogen) atoms. The van der Waals surface area contributed by atoms with Gasteiger partial charge in [0, 0.05) is 17.7 Å². The highest BCUT2D eigenvalue weighted by Gasteiger charge is 2.41. The van der Waals surface area contributed by atoms with Crippen molar-refractivity contribution in [3.63, 3.8) is 0 Å². The lowest BCUT2D eigenvalue weighted by Gasteiger charge is -2.33. The van der Waals surface area contributed by atoms with Gasteiger partial charge in [-0.2, -0.15) is 0 Å². The molecule has 5 nitrogen and oxygen atoms in total. The van der Waals surface area contributed by atoms with E-state index in [1.165, 1.54) is 0 Å². The molecule has 0 saturated carbocycles. The Morgan fingerprint density at radius 1 is 1.30 bits per heavy atom. The molecule has 0 aliphatic carbocycles. The molecule has 1 amide bonds. The van der Waals surface area contributed by atoms with Crippen molar-refractivity contribution < 1.29 is 14.3 Å². The van der Waals surface area contributed by atoms with E-state index in [1.54, 1.807) is 13.3 Å². The summed E-state index contributed by atoms with van der Waals surface area (Å²) < 4.78 is 10.8. The van der Waals surface area contributed by atoms with Crippen molar-refractivity contribution >= 4 is 23.3 Å². The number of pyridine rings is 1. The number of fused-ring (bicyclic) bond motifs is 2. The number of benzene rings is 1. The number of halogens is 1. The van der Waals surface area contributed by atoms with Crippen LogP contribution in [0.2, 0.25) is 5.02 Å². The van der Waals surface area contributed by atoms with Gasteiger partial charge in [-0.05, 0) is 30.4 Å². The summed E-state index contributed by atoms with van der Waals surface area (Å²) in [5, 5.41) is 0.599. The van der Waals surface area contributed by atoms with Crippen molar-refractivity contribution in [2.24, 2.45) is 0 Å². The lowest BCUT2D eigenvalue weighted by molar-refractivity contribution is 0.0832. The lowest BCUT2D eigenvalue weighted by Crippen LogP contribution is -2.43. The van der Waals surface area contributed by atoms with Gasteiger partial charge in [0.05, 0.1) is 24.4 Å². The van der Waals surface area contributed by atoms with Crippen LogP contribution >= 0.6 is 11.6 Å². The van der Waals surface area contributed by atoms with E-state index in [0.29, 0.717) is 17.5 Å². The van der Waals surface area contributed by atoms with Gasteiger partial charge in [-0.3, -0.25) is 4.90 Å². The standard InChI is InChI=1S/C21H21ClN2O3/c1-26-20-11-18(19(22)12-23-20)15-9-16-7-8-17(10-15)24(16)21(25)27-13-14-5-3-2-4-6-14/h2-6,9,11-12,16-17H,7-8,10,13H2,1H3. The maximum absolute atomic E-state index is 12.7. The Kier molecular flexibility index (Phi) is 5.03. The molecule has 1 aromatic carbocycles. The van der Waals surface area contributed by atoms with Gasteiger partial charge in [0.15, 0.2) is 0 Å². The minimum absolute atomic E-state index is 0.0391. The number of ether oxygens (including phenoxy) is 2. The normalized spacial score (nSPS) is 21.0. The molecular weight excluding hydrogens is 364 g/mol. The zero-order valence-electron chi connectivity index (χ0n) is 15.1. The van der Waals surface area contributed by atoms with Crippen LogP contribution in [0.5, 0.6) is 5.88 Å².